The van der Waals surface area contributed by atoms with Crippen LogP contribution in [0.5, 0.6) is 5.88 Å². The van der Waals surface area contributed by atoms with Gasteiger partial charge in [0.15, 0.2) is 0 Å². The maximum absolute atomic E-state index is 12.9. The van der Waals surface area contributed by atoms with E-state index in [9.17, 15) is 8.78 Å². The lowest BCUT2D eigenvalue weighted by Crippen LogP contribution is -2.54. The molecule has 0 amide bonds. The Kier molecular flexibility index (Phi) is 2.70. The summed E-state index contributed by atoms with van der Waals surface area (Å²) >= 11 is 0. The Morgan fingerprint density at radius 2 is 2.16 bits per heavy atom. The van der Waals surface area contributed by atoms with E-state index in [0.29, 0.717) is 24.0 Å². The maximum Gasteiger partial charge on any atom is 0.249 e. The molecule has 2 aliphatic rings. The van der Waals surface area contributed by atoms with Crippen molar-refractivity contribution >= 4 is 0 Å². The number of alkyl halides is 2. The molecule has 3 nitrogen and oxygen atoms in total. The average Bonchev–Trinajstić information content (AvgIpc) is 2.31. The molecule has 0 saturated heterocycles. The molecular weight excluding hydrogens is 250 g/mol. The zero-order chi connectivity index (χ0) is 13.5. The number of halogens is 2. The molecule has 1 spiro atoms. The minimum Gasteiger partial charge on any atom is -0.476 e. The van der Waals surface area contributed by atoms with Crippen molar-refractivity contribution in [3.8, 4) is 11.9 Å². The minimum atomic E-state index is -2.44. The fourth-order valence-corrected chi connectivity index (χ4v) is 3.40. The lowest BCUT2D eigenvalue weighted by molar-refractivity contribution is -0.209. The Hall–Kier alpha value is -1.70. The molecule has 2 aliphatic carbocycles. The van der Waals surface area contributed by atoms with Crippen LogP contribution in [0.2, 0.25) is 0 Å². The molecule has 3 rings (SSSR count). The monoisotopic (exact) mass is 264 g/mol. The van der Waals surface area contributed by atoms with Gasteiger partial charge in [-0.2, -0.15) is 5.26 Å². The lowest BCUT2D eigenvalue weighted by atomic mass is 9.50. The summed E-state index contributed by atoms with van der Waals surface area (Å²) in [4.78, 5) is 4.01. The summed E-state index contributed by atoms with van der Waals surface area (Å²) in [6.07, 6.45) is 3.24. The van der Waals surface area contributed by atoms with Gasteiger partial charge in [0.05, 0.1) is 6.61 Å². The SMILES string of the molecule is N#Cc1cccnc1OCC1CC2(C1)CC(F)(F)C2. The molecule has 0 atom stereocenters. The second-order valence-electron chi connectivity index (χ2n) is 5.76. The van der Waals surface area contributed by atoms with E-state index in [1.54, 1.807) is 18.3 Å². The molecule has 2 saturated carbocycles. The number of pyridine rings is 1. The van der Waals surface area contributed by atoms with Crippen LogP contribution >= 0.6 is 0 Å². The van der Waals surface area contributed by atoms with Gasteiger partial charge in [-0.15, -0.1) is 0 Å². The van der Waals surface area contributed by atoms with E-state index in [0.717, 1.165) is 12.8 Å². The summed E-state index contributed by atoms with van der Waals surface area (Å²) in [6, 6.07) is 5.35. The maximum atomic E-state index is 12.9. The molecule has 0 unspecified atom stereocenters. The predicted molar refractivity (Wildman–Crippen MR) is 63.8 cm³/mol. The fourth-order valence-electron chi connectivity index (χ4n) is 3.40. The molecule has 100 valence electrons. The van der Waals surface area contributed by atoms with Gasteiger partial charge in [0.1, 0.15) is 11.6 Å². The van der Waals surface area contributed by atoms with Crippen LogP contribution in [-0.4, -0.2) is 17.5 Å². The first kappa shape index (κ1) is 12.3. The number of nitriles is 1. The van der Waals surface area contributed by atoms with E-state index in [1.165, 1.54) is 0 Å². The molecule has 1 aromatic rings. The zero-order valence-electron chi connectivity index (χ0n) is 10.4. The van der Waals surface area contributed by atoms with Crippen LogP contribution in [0.15, 0.2) is 18.3 Å². The van der Waals surface area contributed by atoms with Gasteiger partial charge in [0.2, 0.25) is 11.8 Å². The van der Waals surface area contributed by atoms with Crippen LogP contribution in [0.1, 0.15) is 31.2 Å². The molecule has 19 heavy (non-hydrogen) atoms. The molecular formula is C14H14F2N2O. The summed E-state index contributed by atoms with van der Waals surface area (Å²) in [5, 5.41) is 8.89. The third-order valence-corrected chi connectivity index (χ3v) is 4.06. The topological polar surface area (TPSA) is 45.9 Å². The summed E-state index contributed by atoms with van der Waals surface area (Å²) in [6.45, 7) is 0.457. The van der Waals surface area contributed by atoms with E-state index in [-0.39, 0.29) is 18.3 Å². The standard InChI is InChI=1S/C14H14F2N2O/c15-14(16)8-13(9-14)4-10(5-13)7-19-12-11(6-17)2-1-3-18-12/h1-3,10H,4-5,7-9H2. The molecule has 0 radical (unpaired) electrons. The van der Waals surface area contributed by atoms with Gasteiger partial charge in [-0.05, 0) is 36.3 Å². The molecule has 0 N–H and O–H groups in total. The third kappa shape index (κ3) is 2.27. The van der Waals surface area contributed by atoms with E-state index >= 15 is 0 Å². The highest BCUT2D eigenvalue weighted by Crippen LogP contribution is 2.64. The van der Waals surface area contributed by atoms with E-state index in [4.69, 9.17) is 10.00 Å². The third-order valence-electron chi connectivity index (χ3n) is 4.06. The van der Waals surface area contributed by atoms with Crippen LogP contribution in [0.3, 0.4) is 0 Å². The van der Waals surface area contributed by atoms with Crippen LogP contribution < -0.4 is 4.74 Å². The summed E-state index contributed by atoms with van der Waals surface area (Å²) in [7, 11) is 0. The first-order valence-corrected chi connectivity index (χ1v) is 6.38. The van der Waals surface area contributed by atoms with Gasteiger partial charge in [0, 0.05) is 19.0 Å². The predicted octanol–water partition coefficient (Wildman–Crippen LogP) is 3.16. The van der Waals surface area contributed by atoms with Crippen LogP contribution in [-0.2, 0) is 0 Å². The van der Waals surface area contributed by atoms with Gasteiger partial charge < -0.3 is 4.74 Å². The summed E-state index contributed by atoms with van der Waals surface area (Å²) in [5.41, 5.74) is 0.284. The highest BCUT2D eigenvalue weighted by molar-refractivity contribution is 5.36. The van der Waals surface area contributed by atoms with E-state index < -0.39 is 5.92 Å². The Morgan fingerprint density at radius 1 is 1.42 bits per heavy atom. The lowest BCUT2D eigenvalue weighted by Gasteiger charge is -2.57. The Balaban J connectivity index is 1.49. The fraction of sp³-hybridized carbons (Fsp3) is 0.571. The van der Waals surface area contributed by atoms with Crippen molar-refractivity contribution in [3.63, 3.8) is 0 Å². The Morgan fingerprint density at radius 3 is 2.79 bits per heavy atom. The van der Waals surface area contributed by atoms with Crippen molar-refractivity contribution in [2.75, 3.05) is 6.61 Å². The first-order valence-electron chi connectivity index (χ1n) is 6.38. The molecule has 1 aromatic heterocycles. The van der Waals surface area contributed by atoms with Gasteiger partial charge in [-0.1, -0.05) is 0 Å². The average molecular weight is 264 g/mol. The Bertz CT molecular complexity index is 522. The van der Waals surface area contributed by atoms with Gasteiger partial charge in [-0.3, -0.25) is 0 Å². The smallest absolute Gasteiger partial charge is 0.249 e. The number of aromatic nitrogens is 1. The zero-order valence-corrected chi connectivity index (χ0v) is 10.4. The summed E-state index contributed by atoms with van der Waals surface area (Å²) < 4.78 is 31.2. The quantitative estimate of drug-likeness (QED) is 0.842. The molecule has 0 aromatic carbocycles. The molecule has 0 bridgehead atoms. The minimum absolute atomic E-state index is 0.0313. The normalized spacial score (nSPS) is 23.2. The molecule has 5 heteroatoms. The van der Waals surface area contributed by atoms with Crippen molar-refractivity contribution in [1.29, 1.82) is 5.26 Å². The van der Waals surface area contributed by atoms with E-state index in [2.05, 4.69) is 4.98 Å². The van der Waals surface area contributed by atoms with Crippen molar-refractivity contribution in [1.82, 2.24) is 4.98 Å². The van der Waals surface area contributed by atoms with Crippen LogP contribution in [0.4, 0.5) is 8.78 Å². The number of rotatable bonds is 3. The second kappa shape index (κ2) is 4.16. The highest BCUT2D eigenvalue weighted by atomic mass is 19.3. The van der Waals surface area contributed by atoms with Crippen LogP contribution in [0.25, 0.3) is 0 Å². The van der Waals surface area contributed by atoms with Crippen molar-refractivity contribution < 1.29 is 13.5 Å². The van der Waals surface area contributed by atoms with Gasteiger partial charge >= 0.3 is 0 Å². The molecule has 2 fully saturated rings. The number of hydrogen-bond donors (Lipinski definition) is 0. The number of hydrogen-bond acceptors (Lipinski definition) is 3. The van der Waals surface area contributed by atoms with Gasteiger partial charge in [0.25, 0.3) is 0 Å². The largest absolute Gasteiger partial charge is 0.476 e. The van der Waals surface area contributed by atoms with Crippen molar-refractivity contribution in [3.05, 3.63) is 23.9 Å². The van der Waals surface area contributed by atoms with Crippen molar-refractivity contribution in [2.24, 2.45) is 11.3 Å². The molecule has 1 heterocycles. The number of nitrogens with zero attached hydrogens (tertiary/aromatic N) is 2. The van der Waals surface area contributed by atoms with E-state index in [1.807, 2.05) is 6.07 Å². The number of ether oxygens (including phenoxy) is 1. The van der Waals surface area contributed by atoms with Gasteiger partial charge in [-0.25, -0.2) is 13.8 Å². The molecule has 0 aliphatic heterocycles. The van der Waals surface area contributed by atoms with Crippen molar-refractivity contribution in [2.45, 2.75) is 31.6 Å². The second-order valence-corrected chi connectivity index (χ2v) is 5.76. The highest BCUT2D eigenvalue weighted by Gasteiger charge is 2.61. The van der Waals surface area contributed by atoms with Crippen LogP contribution in [0, 0.1) is 22.7 Å². The first-order chi connectivity index (χ1) is 9.02. The Labute approximate surface area is 110 Å². The summed E-state index contributed by atoms with van der Waals surface area (Å²) in [5.74, 6) is -1.80.